The monoisotopic (exact) mass is 236 g/mol. The normalized spacial score (nSPS) is 13.8. The summed E-state index contributed by atoms with van der Waals surface area (Å²) in [6.07, 6.45) is 10.3. The Morgan fingerprint density at radius 3 is 1.88 bits per heavy atom. The maximum Gasteiger partial charge on any atom is 0.206 e. The van der Waals surface area contributed by atoms with Crippen molar-refractivity contribution in [3.05, 3.63) is 72.1 Å². The van der Waals surface area contributed by atoms with Crippen LogP contribution in [0.3, 0.4) is 0 Å². The smallest absolute Gasteiger partial charge is 0.206 e. The van der Waals surface area contributed by atoms with E-state index >= 15 is 0 Å². The molecule has 0 fully saturated rings. The van der Waals surface area contributed by atoms with E-state index in [2.05, 4.69) is 19.7 Å². The third-order valence-corrected chi connectivity index (χ3v) is 3.60. The summed E-state index contributed by atoms with van der Waals surface area (Å²) in [6.45, 7) is 12.2. The van der Waals surface area contributed by atoms with E-state index in [0.29, 0.717) is 0 Å². The Bertz CT molecular complexity index is 460. The van der Waals surface area contributed by atoms with Crippen molar-refractivity contribution < 1.29 is 8.42 Å². The van der Waals surface area contributed by atoms with Crippen LogP contribution in [0.5, 0.6) is 0 Å². The van der Waals surface area contributed by atoms with Crippen molar-refractivity contribution in [1.82, 2.24) is 0 Å². The van der Waals surface area contributed by atoms with Crippen LogP contribution in [0.15, 0.2) is 72.1 Å². The average molecular weight is 236 g/mol. The summed E-state index contributed by atoms with van der Waals surface area (Å²) in [5.74, 6) is 0. The van der Waals surface area contributed by atoms with Gasteiger partial charge in [0.25, 0.3) is 0 Å². The third-order valence-electron chi connectivity index (χ3n) is 1.76. The van der Waals surface area contributed by atoms with Crippen LogP contribution in [0.25, 0.3) is 0 Å². The first kappa shape index (κ1) is 14.4. The Morgan fingerprint density at radius 1 is 1.00 bits per heavy atom. The molecule has 0 aliphatic rings. The molecular formula is C13H16O2S. The molecule has 0 aromatic heterocycles. The minimum absolute atomic E-state index is 0.109. The van der Waals surface area contributed by atoms with E-state index in [-0.39, 0.29) is 9.81 Å². The summed E-state index contributed by atoms with van der Waals surface area (Å²) in [7, 11) is -3.53. The molecule has 86 valence electrons. The first-order valence-corrected chi connectivity index (χ1v) is 6.18. The molecule has 0 atom stereocenters. The fourth-order valence-electron chi connectivity index (χ4n) is 0.978. The average Bonchev–Trinajstić information content (AvgIpc) is 2.26. The maximum atomic E-state index is 12.0. The van der Waals surface area contributed by atoms with Crippen LogP contribution in [0.4, 0.5) is 0 Å². The number of allylic oxidation sites excluding steroid dienone is 7. The minimum Gasteiger partial charge on any atom is -0.219 e. The van der Waals surface area contributed by atoms with Crippen LogP contribution in [0.1, 0.15) is 6.92 Å². The van der Waals surface area contributed by atoms with Crippen LogP contribution in [0.2, 0.25) is 0 Å². The first-order valence-electron chi connectivity index (χ1n) is 4.70. The lowest BCUT2D eigenvalue weighted by atomic mass is 10.4. The summed E-state index contributed by atoms with van der Waals surface area (Å²) in [6, 6.07) is 0. The Kier molecular flexibility index (Phi) is 6.11. The lowest BCUT2D eigenvalue weighted by Crippen LogP contribution is -2.03. The van der Waals surface area contributed by atoms with Gasteiger partial charge in [0.1, 0.15) is 0 Å². The zero-order chi connectivity index (χ0) is 12.6. The van der Waals surface area contributed by atoms with Crippen LogP contribution in [-0.4, -0.2) is 8.42 Å². The second-order valence-electron chi connectivity index (χ2n) is 2.81. The SMILES string of the molecule is C=C/C=C(\C=C)S(=O)(=O)/C(C=C)=C/C=C\C. The van der Waals surface area contributed by atoms with E-state index in [1.165, 1.54) is 30.4 Å². The van der Waals surface area contributed by atoms with Crippen LogP contribution < -0.4 is 0 Å². The van der Waals surface area contributed by atoms with Gasteiger partial charge in [-0.25, -0.2) is 8.42 Å². The lowest BCUT2D eigenvalue weighted by Gasteiger charge is -2.04. The molecule has 0 N–H and O–H groups in total. The van der Waals surface area contributed by atoms with Gasteiger partial charge in [0.15, 0.2) is 0 Å². The number of hydrogen-bond acceptors (Lipinski definition) is 2. The summed E-state index contributed by atoms with van der Waals surface area (Å²) in [5, 5.41) is 0. The summed E-state index contributed by atoms with van der Waals surface area (Å²) < 4.78 is 24.1. The van der Waals surface area contributed by atoms with Crippen molar-refractivity contribution in [1.29, 1.82) is 0 Å². The van der Waals surface area contributed by atoms with E-state index in [1.54, 1.807) is 19.1 Å². The molecule has 16 heavy (non-hydrogen) atoms. The van der Waals surface area contributed by atoms with E-state index in [1.807, 2.05) is 0 Å². The molecule has 0 saturated heterocycles. The molecule has 0 saturated carbocycles. The molecule has 0 unspecified atom stereocenters. The van der Waals surface area contributed by atoms with Gasteiger partial charge in [-0.05, 0) is 19.1 Å². The van der Waals surface area contributed by atoms with Gasteiger partial charge in [0.05, 0.1) is 9.81 Å². The quantitative estimate of drug-likeness (QED) is 0.663. The summed E-state index contributed by atoms with van der Waals surface area (Å²) in [5.41, 5.74) is 0. The molecule has 0 aromatic rings. The molecule has 0 spiro atoms. The van der Waals surface area contributed by atoms with Crippen molar-refractivity contribution >= 4 is 9.84 Å². The first-order chi connectivity index (χ1) is 7.54. The van der Waals surface area contributed by atoms with Crippen LogP contribution in [0, 0.1) is 0 Å². The Morgan fingerprint density at radius 2 is 1.50 bits per heavy atom. The predicted molar refractivity (Wildman–Crippen MR) is 70.5 cm³/mol. The molecule has 0 bridgehead atoms. The van der Waals surface area contributed by atoms with E-state index in [4.69, 9.17) is 0 Å². The highest BCUT2D eigenvalue weighted by molar-refractivity contribution is 7.99. The van der Waals surface area contributed by atoms with E-state index < -0.39 is 9.84 Å². The Labute approximate surface area is 97.6 Å². The van der Waals surface area contributed by atoms with Gasteiger partial charge in [-0.1, -0.05) is 50.1 Å². The topological polar surface area (TPSA) is 34.1 Å². The summed E-state index contributed by atoms with van der Waals surface area (Å²) in [4.78, 5) is 0.247. The Hall–Kier alpha value is -1.61. The number of hydrogen-bond donors (Lipinski definition) is 0. The third kappa shape index (κ3) is 3.51. The molecule has 3 heteroatoms. The molecule has 0 rings (SSSR count). The fraction of sp³-hybridized carbons (Fsp3) is 0.0769. The van der Waals surface area contributed by atoms with Gasteiger partial charge in [0, 0.05) is 0 Å². The van der Waals surface area contributed by atoms with Crippen molar-refractivity contribution in [3.8, 4) is 0 Å². The summed E-state index contributed by atoms with van der Waals surface area (Å²) >= 11 is 0. The van der Waals surface area contributed by atoms with E-state index in [9.17, 15) is 8.42 Å². The lowest BCUT2D eigenvalue weighted by molar-refractivity contribution is 0.609. The highest BCUT2D eigenvalue weighted by atomic mass is 32.2. The van der Waals surface area contributed by atoms with Gasteiger partial charge < -0.3 is 0 Å². The Balaban J connectivity index is 5.65. The molecule has 0 heterocycles. The second-order valence-corrected chi connectivity index (χ2v) is 4.76. The van der Waals surface area contributed by atoms with Gasteiger partial charge in [0.2, 0.25) is 9.84 Å². The highest BCUT2D eigenvalue weighted by Gasteiger charge is 2.17. The predicted octanol–water partition coefficient (Wildman–Crippen LogP) is 3.30. The van der Waals surface area contributed by atoms with Gasteiger partial charge in [-0.15, -0.1) is 0 Å². The van der Waals surface area contributed by atoms with Crippen LogP contribution >= 0.6 is 0 Å². The molecule has 0 amide bonds. The number of rotatable bonds is 6. The second kappa shape index (κ2) is 6.80. The van der Waals surface area contributed by atoms with Crippen molar-refractivity contribution in [2.75, 3.05) is 0 Å². The maximum absolute atomic E-state index is 12.0. The molecule has 0 radical (unpaired) electrons. The molecule has 0 aliphatic heterocycles. The van der Waals surface area contributed by atoms with Gasteiger partial charge in [-0.2, -0.15) is 0 Å². The standard InChI is InChI=1S/C13H16O2S/c1-5-9-11-13(8-4)16(14,15)12(7-3)10-6-2/h5-11H,2-4H2,1H3/b9-5-,12-10+,13-11+. The van der Waals surface area contributed by atoms with Gasteiger partial charge >= 0.3 is 0 Å². The zero-order valence-corrected chi connectivity index (χ0v) is 10.2. The van der Waals surface area contributed by atoms with Crippen molar-refractivity contribution in [2.45, 2.75) is 6.92 Å². The largest absolute Gasteiger partial charge is 0.219 e. The zero-order valence-electron chi connectivity index (χ0n) is 9.39. The molecule has 0 aliphatic carbocycles. The van der Waals surface area contributed by atoms with E-state index in [0.717, 1.165) is 0 Å². The highest BCUT2D eigenvalue weighted by Crippen LogP contribution is 2.19. The molecule has 0 aromatic carbocycles. The fourth-order valence-corrected chi connectivity index (χ4v) is 2.22. The van der Waals surface area contributed by atoms with Gasteiger partial charge in [-0.3, -0.25) is 0 Å². The molecular weight excluding hydrogens is 220 g/mol. The minimum atomic E-state index is -3.53. The van der Waals surface area contributed by atoms with Crippen molar-refractivity contribution in [3.63, 3.8) is 0 Å². The van der Waals surface area contributed by atoms with Crippen molar-refractivity contribution in [2.24, 2.45) is 0 Å². The number of sulfone groups is 1. The molecule has 2 nitrogen and oxygen atoms in total. The van der Waals surface area contributed by atoms with Crippen LogP contribution in [-0.2, 0) is 9.84 Å².